The molecule has 0 aliphatic heterocycles. The maximum Gasteiger partial charge on any atom is 0.340 e. The van der Waals surface area contributed by atoms with Crippen molar-refractivity contribution in [2.24, 2.45) is 0 Å². The van der Waals surface area contributed by atoms with Crippen molar-refractivity contribution in [3.63, 3.8) is 0 Å². The van der Waals surface area contributed by atoms with Crippen LogP contribution < -0.4 is 9.46 Å². The molecular weight excluding hydrogens is 368 g/mol. The predicted octanol–water partition coefficient (Wildman–Crippen LogP) is 2.81. The van der Waals surface area contributed by atoms with Crippen LogP contribution in [0.15, 0.2) is 41.3 Å². The molecule has 0 heterocycles. The quantitative estimate of drug-likeness (QED) is 0.799. The van der Waals surface area contributed by atoms with Gasteiger partial charge in [0, 0.05) is 0 Å². The molecule has 130 valence electrons. The Labute approximate surface area is 149 Å². The molecule has 0 fully saturated rings. The van der Waals surface area contributed by atoms with Gasteiger partial charge in [-0.05, 0) is 36.4 Å². The predicted molar refractivity (Wildman–Crippen MR) is 91.3 cm³/mol. The van der Waals surface area contributed by atoms with Gasteiger partial charge in [0.15, 0.2) is 0 Å². The summed E-state index contributed by atoms with van der Waals surface area (Å²) in [6.45, 7) is 0. The molecule has 1 N–H and O–H groups in total. The number of halogens is 1. The first-order valence-electron chi connectivity index (χ1n) is 6.81. The molecule has 0 aromatic heterocycles. The van der Waals surface area contributed by atoms with Gasteiger partial charge in [-0.25, -0.2) is 13.2 Å². The van der Waals surface area contributed by atoms with Crippen molar-refractivity contribution in [2.45, 2.75) is 4.90 Å². The van der Waals surface area contributed by atoms with E-state index in [4.69, 9.17) is 21.6 Å². The summed E-state index contributed by atoms with van der Waals surface area (Å²) < 4.78 is 37.1. The molecule has 9 heteroatoms. The number of methoxy groups -OCH3 is 2. The third-order valence-electron chi connectivity index (χ3n) is 3.25. The molecule has 25 heavy (non-hydrogen) atoms. The van der Waals surface area contributed by atoms with Crippen molar-refractivity contribution in [3.05, 3.63) is 52.5 Å². The lowest BCUT2D eigenvalue weighted by Gasteiger charge is -2.13. The van der Waals surface area contributed by atoms with E-state index in [9.17, 15) is 13.2 Å². The summed E-state index contributed by atoms with van der Waals surface area (Å²) in [4.78, 5) is 11.7. The highest BCUT2D eigenvalue weighted by molar-refractivity contribution is 7.92. The highest BCUT2D eigenvalue weighted by Crippen LogP contribution is 2.27. The first kappa shape index (κ1) is 18.6. The molecule has 7 nitrogen and oxygen atoms in total. The molecular formula is C16H13ClN2O5S. The average Bonchev–Trinajstić information content (AvgIpc) is 2.61. The van der Waals surface area contributed by atoms with E-state index in [1.54, 1.807) is 0 Å². The van der Waals surface area contributed by atoms with Crippen molar-refractivity contribution in [3.8, 4) is 11.8 Å². The number of carbonyl (C=O) groups is 1. The summed E-state index contributed by atoms with van der Waals surface area (Å²) in [7, 11) is -1.44. The lowest BCUT2D eigenvalue weighted by atomic mass is 10.2. The third-order valence-corrected chi connectivity index (χ3v) is 4.92. The van der Waals surface area contributed by atoms with Gasteiger partial charge >= 0.3 is 5.97 Å². The van der Waals surface area contributed by atoms with Crippen molar-refractivity contribution in [1.29, 1.82) is 5.26 Å². The molecule has 0 atom stereocenters. The van der Waals surface area contributed by atoms with E-state index in [2.05, 4.69) is 9.46 Å². The van der Waals surface area contributed by atoms with E-state index in [-0.39, 0.29) is 26.7 Å². The van der Waals surface area contributed by atoms with E-state index in [1.165, 1.54) is 44.6 Å². The summed E-state index contributed by atoms with van der Waals surface area (Å²) in [5.41, 5.74) is 0.165. The molecule has 0 radical (unpaired) electrons. The SMILES string of the molecule is COC(=O)c1cc(OC)ccc1NS(=O)(=O)c1ccc(C#N)c(Cl)c1. The molecule has 0 spiro atoms. The second kappa shape index (κ2) is 7.42. The number of nitrogens with zero attached hydrogens (tertiary/aromatic N) is 1. The number of benzene rings is 2. The van der Waals surface area contributed by atoms with Crippen molar-refractivity contribution >= 4 is 33.3 Å². The smallest absolute Gasteiger partial charge is 0.340 e. The fourth-order valence-corrected chi connectivity index (χ4v) is 3.37. The summed E-state index contributed by atoms with van der Waals surface area (Å²) in [6, 6.07) is 9.78. The highest BCUT2D eigenvalue weighted by Gasteiger charge is 2.21. The Morgan fingerprint density at radius 2 is 1.92 bits per heavy atom. The van der Waals surface area contributed by atoms with Gasteiger partial charge in [0.05, 0.1) is 41.0 Å². The number of esters is 1. The van der Waals surface area contributed by atoms with Crippen molar-refractivity contribution in [2.75, 3.05) is 18.9 Å². The van der Waals surface area contributed by atoms with E-state index >= 15 is 0 Å². The zero-order valence-electron chi connectivity index (χ0n) is 13.2. The molecule has 0 aliphatic carbocycles. The van der Waals surface area contributed by atoms with E-state index < -0.39 is 16.0 Å². The van der Waals surface area contributed by atoms with Crippen LogP contribution in [0.5, 0.6) is 5.75 Å². The molecule has 0 unspecified atom stereocenters. The van der Waals surface area contributed by atoms with Gasteiger partial charge < -0.3 is 9.47 Å². The second-order valence-electron chi connectivity index (χ2n) is 4.76. The summed E-state index contributed by atoms with van der Waals surface area (Å²) >= 11 is 5.88. The molecule has 0 aliphatic rings. The minimum atomic E-state index is -4.04. The Kier molecular flexibility index (Phi) is 5.51. The number of carbonyl (C=O) groups excluding carboxylic acids is 1. The fourth-order valence-electron chi connectivity index (χ4n) is 1.98. The minimum Gasteiger partial charge on any atom is -0.497 e. The highest BCUT2D eigenvalue weighted by atomic mass is 35.5. The fraction of sp³-hybridized carbons (Fsp3) is 0.125. The standard InChI is InChI=1S/C16H13ClN2O5S/c1-23-11-4-6-15(13(7-11)16(20)24-2)19-25(21,22)12-5-3-10(9-18)14(17)8-12/h3-8,19H,1-2H3. The lowest BCUT2D eigenvalue weighted by Crippen LogP contribution is -2.16. The van der Waals surface area contributed by atoms with Gasteiger partial charge in [0.1, 0.15) is 11.8 Å². The maximum absolute atomic E-state index is 12.5. The van der Waals surface area contributed by atoms with Crippen molar-refractivity contribution < 1.29 is 22.7 Å². The van der Waals surface area contributed by atoms with Crippen LogP contribution in [0.3, 0.4) is 0 Å². The number of sulfonamides is 1. The zero-order valence-corrected chi connectivity index (χ0v) is 14.8. The van der Waals surface area contributed by atoms with Gasteiger partial charge in [-0.1, -0.05) is 11.6 Å². The first-order valence-corrected chi connectivity index (χ1v) is 8.67. The van der Waals surface area contributed by atoms with E-state index in [1.807, 2.05) is 6.07 Å². The second-order valence-corrected chi connectivity index (χ2v) is 6.85. The van der Waals surface area contributed by atoms with Gasteiger partial charge in [-0.3, -0.25) is 4.72 Å². The molecule has 2 rings (SSSR count). The van der Waals surface area contributed by atoms with Crippen LogP contribution in [0.4, 0.5) is 5.69 Å². The summed E-state index contributed by atoms with van der Waals surface area (Å²) in [6.07, 6.45) is 0. The van der Waals surface area contributed by atoms with Crippen LogP contribution in [0, 0.1) is 11.3 Å². The molecule has 0 amide bonds. The molecule has 0 saturated heterocycles. The lowest BCUT2D eigenvalue weighted by molar-refractivity contribution is 0.0601. The van der Waals surface area contributed by atoms with Crippen LogP contribution in [-0.2, 0) is 14.8 Å². The Morgan fingerprint density at radius 1 is 1.20 bits per heavy atom. The Balaban J connectivity index is 2.46. The average molecular weight is 381 g/mol. The van der Waals surface area contributed by atoms with Gasteiger partial charge in [-0.2, -0.15) is 5.26 Å². The van der Waals surface area contributed by atoms with Gasteiger partial charge in [0.2, 0.25) is 0 Å². The van der Waals surface area contributed by atoms with E-state index in [0.717, 1.165) is 6.07 Å². The molecule has 0 saturated carbocycles. The Morgan fingerprint density at radius 3 is 2.48 bits per heavy atom. The molecule has 2 aromatic rings. The van der Waals surface area contributed by atoms with Crippen LogP contribution in [0.1, 0.15) is 15.9 Å². The van der Waals surface area contributed by atoms with Gasteiger partial charge in [-0.15, -0.1) is 0 Å². The maximum atomic E-state index is 12.5. The zero-order chi connectivity index (χ0) is 18.6. The number of anilines is 1. The number of rotatable bonds is 5. The van der Waals surface area contributed by atoms with Crippen LogP contribution in [0.2, 0.25) is 5.02 Å². The Hall–Kier alpha value is -2.76. The summed E-state index contributed by atoms with van der Waals surface area (Å²) in [5, 5.41) is 8.87. The number of nitriles is 1. The van der Waals surface area contributed by atoms with Crippen LogP contribution in [0.25, 0.3) is 0 Å². The van der Waals surface area contributed by atoms with Gasteiger partial charge in [0.25, 0.3) is 10.0 Å². The number of hydrogen-bond donors (Lipinski definition) is 1. The summed E-state index contributed by atoms with van der Waals surface area (Å²) in [5.74, 6) is -0.362. The number of nitrogens with one attached hydrogen (secondary N) is 1. The van der Waals surface area contributed by atoms with Crippen molar-refractivity contribution in [1.82, 2.24) is 0 Å². The van der Waals surface area contributed by atoms with Crippen LogP contribution in [-0.4, -0.2) is 28.6 Å². The first-order chi connectivity index (χ1) is 11.8. The van der Waals surface area contributed by atoms with Crippen LogP contribution >= 0.6 is 11.6 Å². The third kappa shape index (κ3) is 4.02. The Bertz CT molecular complexity index is 967. The monoisotopic (exact) mass is 380 g/mol. The number of hydrogen-bond acceptors (Lipinski definition) is 6. The normalized spacial score (nSPS) is 10.6. The largest absolute Gasteiger partial charge is 0.497 e. The minimum absolute atomic E-state index is 0.00768. The number of ether oxygens (including phenoxy) is 2. The molecule has 0 bridgehead atoms. The van der Waals surface area contributed by atoms with E-state index in [0.29, 0.717) is 5.75 Å². The molecule has 2 aromatic carbocycles. The topological polar surface area (TPSA) is 105 Å².